The molecule has 0 heterocycles. The number of hydrogen-bond acceptors (Lipinski definition) is 0. The molecular weight excluding hydrogens is 540 g/mol. The number of hydrogen-bond donors (Lipinski definition) is 0. The highest BCUT2D eigenvalue weighted by molar-refractivity contribution is 5.90. The molecule has 214 valence electrons. The first kappa shape index (κ1) is 27.1. The zero-order valence-electron chi connectivity index (χ0n) is 25.5. The molecule has 0 fully saturated rings. The highest BCUT2D eigenvalue weighted by Crippen LogP contribution is 2.57. The van der Waals surface area contributed by atoms with Crippen molar-refractivity contribution in [3.05, 3.63) is 204 Å². The van der Waals surface area contributed by atoms with Gasteiger partial charge in [-0.2, -0.15) is 0 Å². The lowest BCUT2D eigenvalue weighted by Crippen LogP contribution is -2.28. The number of aryl methyl sites for hydroxylation is 1. The van der Waals surface area contributed by atoms with E-state index in [1.807, 2.05) is 0 Å². The van der Waals surface area contributed by atoms with Gasteiger partial charge in [0.15, 0.2) is 0 Å². The molecule has 1 aliphatic rings. The molecule has 8 rings (SSSR count). The van der Waals surface area contributed by atoms with Crippen LogP contribution in [-0.2, 0) is 11.8 Å². The maximum absolute atomic E-state index is 2.44. The molecule has 0 radical (unpaired) electrons. The van der Waals surface area contributed by atoms with Crippen molar-refractivity contribution < 1.29 is 0 Å². The van der Waals surface area contributed by atoms with Gasteiger partial charge in [0.2, 0.25) is 0 Å². The summed E-state index contributed by atoms with van der Waals surface area (Å²) in [7, 11) is 0. The minimum absolute atomic E-state index is 0.480. The predicted octanol–water partition coefficient (Wildman–Crippen LogP) is 11.6. The molecule has 0 bridgehead atoms. The molecule has 0 aromatic heterocycles. The van der Waals surface area contributed by atoms with Crippen molar-refractivity contribution in [2.75, 3.05) is 0 Å². The van der Waals surface area contributed by atoms with Crippen LogP contribution in [0.25, 0.3) is 44.5 Å². The summed E-state index contributed by atoms with van der Waals surface area (Å²) >= 11 is 0. The molecule has 0 saturated heterocycles. The Morgan fingerprint density at radius 2 is 0.733 bits per heavy atom. The molecule has 7 aromatic rings. The fourth-order valence-electron chi connectivity index (χ4n) is 7.27. The van der Waals surface area contributed by atoms with Crippen molar-refractivity contribution in [1.82, 2.24) is 0 Å². The van der Waals surface area contributed by atoms with Gasteiger partial charge in [-0.1, -0.05) is 171 Å². The second-order valence-corrected chi connectivity index (χ2v) is 12.0. The average molecular weight is 575 g/mol. The van der Waals surface area contributed by atoms with Crippen molar-refractivity contribution in [2.24, 2.45) is 0 Å². The zero-order valence-corrected chi connectivity index (χ0v) is 25.5. The van der Waals surface area contributed by atoms with E-state index < -0.39 is 5.41 Å². The van der Waals surface area contributed by atoms with Crippen molar-refractivity contribution in [2.45, 2.75) is 18.8 Å². The molecule has 45 heavy (non-hydrogen) atoms. The molecule has 0 unspecified atom stereocenters. The smallest absolute Gasteiger partial charge is 0.0622 e. The summed E-state index contributed by atoms with van der Waals surface area (Å²) in [5, 5.41) is 0. The summed E-state index contributed by atoms with van der Waals surface area (Å²) in [6.07, 6.45) is 1.05. The van der Waals surface area contributed by atoms with Gasteiger partial charge in [-0.05, 0) is 90.9 Å². The van der Waals surface area contributed by atoms with E-state index in [0.717, 1.165) is 6.42 Å². The van der Waals surface area contributed by atoms with E-state index in [4.69, 9.17) is 0 Å². The molecule has 7 aromatic carbocycles. The van der Waals surface area contributed by atoms with Crippen LogP contribution in [0.1, 0.15) is 34.7 Å². The van der Waals surface area contributed by atoms with Crippen LogP contribution in [0.4, 0.5) is 0 Å². The molecule has 0 heteroatoms. The quantitative estimate of drug-likeness (QED) is 0.185. The fourth-order valence-corrected chi connectivity index (χ4v) is 7.27. The van der Waals surface area contributed by atoms with E-state index in [-0.39, 0.29) is 0 Å². The van der Waals surface area contributed by atoms with Gasteiger partial charge in [-0.25, -0.2) is 0 Å². The van der Waals surface area contributed by atoms with Crippen LogP contribution in [0.2, 0.25) is 0 Å². The standard InChI is InChI=1S/C45H34/c1-2-32-18-20-35(21-19-32)36-22-26-40(27-23-36)45(39-16-10-5-11-17-39)43-30-37(33-12-6-3-7-13-33)24-28-41(43)42-29-25-38(31-44(42)45)34-14-8-4-9-15-34/h3-31H,2H2,1H3. The van der Waals surface area contributed by atoms with E-state index in [1.165, 1.54) is 72.3 Å². The monoisotopic (exact) mass is 574 g/mol. The van der Waals surface area contributed by atoms with Crippen LogP contribution in [0, 0.1) is 0 Å². The minimum atomic E-state index is -0.480. The van der Waals surface area contributed by atoms with Gasteiger partial charge in [-0.3, -0.25) is 0 Å². The van der Waals surface area contributed by atoms with Gasteiger partial charge in [0, 0.05) is 0 Å². The van der Waals surface area contributed by atoms with E-state index >= 15 is 0 Å². The maximum Gasteiger partial charge on any atom is 0.0714 e. The summed E-state index contributed by atoms with van der Waals surface area (Å²) in [6.45, 7) is 2.20. The molecular formula is C45H34. The van der Waals surface area contributed by atoms with Crippen LogP contribution in [0.5, 0.6) is 0 Å². The van der Waals surface area contributed by atoms with Crippen LogP contribution < -0.4 is 0 Å². The molecule has 0 N–H and O–H groups in total. The number of fused-ring (bicyclic) bond motifs is 3. The lowest BCUT2D eigenvalue weighted by atomic mass is 9.67. The first-order valence-electron chi connectivity index (χ1n) is 15.9. The third kappa shape index (κ3) is 4.53. The third-order valence-corrected chi connectivity index (χ3v) is 9.57. The summed E-state index contributed by atoms with van der Waals surface area (Å²) in [5.74, 6) is 0. The molecule has 0 spiro atoms. The largest absolute Gasteiger partial charge is 0.0714 e. The third-order valence-electron chi connectivity index (χ3n) is 9.57. The van der Waals surface area contributed by atoms with E-state index in [0.29, 0.717) is 0 Å². The summed E-state index contributed by atoms with van der Waals surface area (Å²) < 4.78 is 0. The van der Waals surface area contributed by atoms with E-state index in [1.54, 1.807) is 0 Å². The van der Waals surface area contributed by atoms with Crippen molar-refractivity contribution >= 4 is 0 Å². The molecule has 0 atom stereocenters. The Balaban J connectivity index is 1.40. The number of rotatable bonds is 6. The Hall–Kier alpha value is -5.46. The molecule has 0 saturated carbocycles. The van der Waals surface area contributed by atoms with Crippen LogP contribution in [0.15, 0.2) is 176 Å². The molecule has 0 aliphatic heterocycles. The van der Waals surface area contributed by atoms with Crippen LogP contribution >= 0.6 is 0 Å². The second-order valence-electron chi connectivity index (χ2n) is 12.0. The Bertz CT molecular complexity index is 2000. The van der Waals surface area contributed by atoms with Crippen LogP contribution in [0.3, 0.4) is 0 Å². The molecule has 0 amide bonds. The average Bonchev–Trinajstić information content (AvgIpc) is 3.42. The van der Waals surface area contributed by atoms with Gasteiger partial charge >= 0.3 is 0 Å². The van der Waals surface area contributed by atoms with Gasteiger partial charge in [0.25, 0.3) is 0 Å². The van der Waals surface area contributed by atoms with Crippen molar-refractivity contribution in [3.63, 3.8) is 0 Å². The fraction of sp³-hybridized carbons (Fsp3) is 0.0667. The summed E-state index contributed by atoms with van der Waals surface area (Å²) in [6, 6.07) is 65.1. The molecule has 1 aliphatic carbocycles. The minimum Gasteiger partial charge on any atom is -0.0622 e. The van der Waals surface area contributed by atoms with Gasteiger partial charge in [0.1, 0.15) is 0 Å². The van der Waals surface area contributed by atoms with Gasteiger partial charge < -0.3 is 0 Å². The Morgan fingerprint density at radius 3 is 1.20 bits per heavy atom. The summed E-state index contributed by atoms with van der Waals surface area (Å²) in [5.41, 5.74) is 16.1. The highest BCUT2D eigenvalue weighted by Gasteiger charge is 2.46. The normalized spacial score (nSPS) is 12.8. The van der Waals surface area contributed by atoms with E-state index in [2.05, 4.69) is 183 Å². The first-order valence-corrected chi connectivity index (χ1v) is 15.9. The van der Waals surface area contributed by atoms with Crippen molar-refractivity contribution in [3.8, 4) is 44.5 Å². The van der Waals surface area contributed by atoms with Gasteiger partial charge in [-0.15, -0.1) is 0 Å². The Labute approximate surface area is 266 Å². The van der Waals surface area contributed by atoms with Crippen LogP contribution in [-0.4, -0.2) is 0 Å². The maximum atomic E-state index is 2.44. The first-order chi connectivity index (χ1) is 22.3. The summed E-state index contributed by atoms with van der Waals surface area (Å²) in [4.78, 5) is 0. The lowest BCUT2D eigenvalue weighted by Gasteiger charge is -2.34. The molecule has 0 nitrogen and oxygen atoms in total. The van der Waals surface area contributed by atoms with Crippen molar-refractivity contribution in [1.29, 1.82) is 0 Å². The predicted molar refractivity (Wildman–Crippen MR) is 189 cm³/mol. The lowest BCUT2D eigenvalue weighted by molar-refractivity contribution is 0.769. The topological polar surface area (TPSA) is 0 Å². The Kier molecular flexibility index (Phi) is 6.77. The second kappa shape index (κ2) is 11.2. The zero-order chi connectivity index (χ0) is 30.2. The Morgan fingerprint density at radius 1 is 0.356 bits per heavy atom. The SMILES string of the molecule is CCc1ccc(-c2ccc(C3(c4ccccc4)c4cc(-c5ccccc5)ccc4-c4ccc(-c5ccccc5)cc43)cc2)cc1. The van der Waals surface area contributed by atoms with E-state index in [9.17, 15) is 0 Å². The van der Waals surface area contributed by atoms with Gasteiger partial charge in [0.05, 0.1) is 5.41 Å². The highest BCUT2D eigenvalue weighted by atomic mass is 14.5. The number of benzene rings is 7.